The Morgan fingerprint density at radius 2 is 1.57 bits per heavy atom. The van der Waals surface area contributed by atoms with Crippen molar-refractivity contribution in [1.29, 1.82) is 0 Å². The molecule has 0 spiro atoms. The van der Waals surface area contributed by atoms with E-state index >= 15 is 0 Å². The van der Waals surface area contributed by atoms with Gasteiger partial charge in [0.2, 0.25) is 17.6 Å². The van der Waals surface area contributed by atoms with Gasteiger partial charge in [0.1, 0.15) is 12.1 Å². The van der Waals surface area contributed by atoms with Gasteiger partial charge in [-0.3, -0.25) is 19.2 Å². The van der Waals surface area contributed by atoms with Crippen molar-refractivity contribution >= 4 is 29.5 Å². The second-order valence-electron chi connectivity index (χ2n) is 15.6. The van der Waals surface area contributed by atoms with Crippen molar-refractivity contribution < 1.29 is 28.7 Å². The van der Waals surface area contributed by atoms with Crippen molar-refractivity contribution in [2.75, 3.05) is 13.2 Å². The highest BCUT2D eigenvalue weighted by Gasteiger charge is 2.46. The van der Waals surface area contributed by atoms with Crippen molar-refractivity contribution in [1.82, 2.24) is 20.9 Å². The number of nitrogens with two attached hydrogens (primary N) is 1. The van der Waals surface area contributed by atoms with Crippen molar-refractivity contribution in [2.45, 2.75) is 112 Å². The Kier molecular flexibility index (Phi) is 12.4. The molecular formula is C35H55N5O6. The van der Waals surface area contributed by atoms with Crippen molar-refractivity contribution in [3.05, 3.63) is 35.9 Å². The molecule has 1 aliphatic carbocycles. The monoisotopic (exact) mass is 641 g/mol. The molecule has 2 unspecified atom stereocenters. The summed E-state index contributed by atoms with van der Waals surface area (Å²) in [6.45, 7) is 16.7. The van der Waals surface area contributed by atoms with Gasteiger partial charge in [0.25, 0.3) is 5.91 Å². The molecule has 11 heteroatoms. The fraction of sp³-hybridized carbons (Fsp3) is 0.686. The summed E-state index contributed by atoms with van der Waals surface area (Å²) in [6.07, 6.45) is 2.61. The number of amides is 5. The minimum Gasteiger partial charge on any atom is -0.375 e. The van der Waals surface area contributed by atoms with Gasteiger partial charge in [0, 0.05) is 6.54 Å². The molecule has 5 amide bonds. The van der Waals surface area contributed by atoms with E-state index < -0.39 is 47.2 Å². The molecule has 1 aromatic rings. The summed E-state index contributed by atoms with van der Waals surface area (Å²) >= 11 is 0. The largest absolute Gasteiger partial charge is 0.375 e. The standard InChI is InChI=1S/C35H55N5O6/c1-21(2)24-17-26(31(43)37-25(16-22-14-15-22)28(41)30(36)42)40(18-24)32(44)29(35(6,7)8)39-33(45)38-27(34(3,4)5)20-46-19-23-12-10-9-11-13-23/h9-13,21-22,24-27,29H,14-20H2,1-8H3,(H2,36,42)(H,37,43)(H2,38,39,45)/t24?,25?,26-,27+,29+/m0/s1. The van der Waals surface area contributed by atoms with Crippen LogP contribution in [0.1, 0.15) is 86.6 Å². The normalized spacial score (nSPS) is 20.5. The van der Waals surface area contributed by atoms with E-state index in [1.54, 1.807) is 0 Å². The number of carbonyl (C=O) groups excluding carboxylic acids is 5. The molecule has 0 bridgehead atoms. The molecule has 1 aromatic carbocycles. The maximum Gasteiger partial charge on any atom is 0.315 e. The van der Waals surface area contributed by atoms with Gasteiger partial charge < -0.3 is 31.3 Å². The number of hydrogen-bond acceptors (Lipinski definition) is 6. The Labute approximate surface area is 274 Å². The third-order valence-electron chi connectivity index (χ3n) is 9.14. The highest BCUT2D eigenvalue weighted by molar-refractivity contribution is 6.37. The Balaban J connectivity index is 1.76. The molecule has 0 aromatic heterocycles. The predicted octanol–water partition coefficient (Wildman–Crippen LogP) is 3.54. The minimum absolute atomic E-state index is 0.0369. The van der Waals surface area contributed by atoms with Gasteiger partial charge in [0.15, 0.2) is 0 Å². The molecule has 11 nitrogen and oxygen atoms in total. The fourth-order valence-electron chi connectivity index (χ4n) is 5.72. The number of nitrogens with one attached hydrogen (secondary N) is 3. The molecule has 3 rings (SSSR count). The van der Waals surface area contributed by atoms with Gasteiger partial charge >= 0.3 is 6.03 Å². The maximum absolute atomic E-state index is 14.3. The Bertz CT molecular complexity index is 1230. The number of nitrogens with zero attached hydrogens (tertiary/aromatic N) is 1. The van der Waals surface area contributed by atoms with Gasteiger partial charge in [-0.2, -0.15) is 0 Å². The van der Waals surface area contributed by atoms with E-state index in [2.05, 4.69) is 16.0 Å². The molecule has 1 heterocycles. The lowest BCUT2D eigenvalue weighted by Gasteiger charge is -2.37. The van der Waals surface area contributed by atoms with Crippen LogP contribution in [0.3, 0.4) is 0 Å². The van der Waals surface area contributed by atoms with Crippen LogP contribution < -0.4 is 21.7 Å². The molecule has 5 N–H and O–H groups in total. The topological polar surface area (TPSA) is 160 Å². The number of hydrogen-bond donors (Lipinski definition) is 4. The van der Waals surface area contributed by atoms with Crippen LogP contribution in [-0.2, 0) is 30.5 Å². The number of ether oxygens (including phenoxy) is 1. The maximum atomic E-state index is 14.3. The van der Waals surface area contributed by atoms with Crippen molar-refractivity contribution in [3.8, 4) is 0 Å². The van der Waals surface area contributed by atoms with E-state index in [1.807, 2.05) is 85.7 Å². The molecule has 256 valence electrons. The van der Waals surface area contributed by atoms with Crippen LogP contribution >= 0.6 is 0 Å². The minimum atomic E-state index is -1.09. The average molecular weight is 642 g/mol. The molecule has 1 aliphatic heterocycles. The zero-order chi connectivity index (χ0) is 34.4. The number of urea groups is 1. The zero-order valence-corrected chi connectivity index (χ0v) is 28.9. The first-order valence-corrected chi connectivity index (χ1v) is 16.5. The van der Waals surface area contributed by atoms with Gasteiger partial charge in [-0.15, -0.1) is 0 Å². The highest BCUT2D eigenvalue weighted by Crippen LogP contribution is 2.35. The first-order valence-electron chi connectivity index (χ1n) is 16.5. The summed E-state index contributed by atoms with van der Waals surface area (Å²) in [7, 11) is 0. The smallest absolute Gasteiger partial charge is 0.315 e. The number of rotatable bonds is 14. The van der Waals surface area contributed by atoms with Crippen LogP contribution in [0.15, 0.2) is 30.3 Å². The molecule has 5 atom stereocenters. The molecule has 2 fully saturated rings. The first kappa shape index (κ1) is 37.0. The van der Waals surface area contributed by atoms with Gasteiger partial charge in [-0.25, -0.2) is 4.79 Å². The van der Waals surface area contributed by atoms with Crippen LogP contribution in [0.25, 0.3) is 0 Å². The molecule has 1 saturated carbocycles. The third kappa shape index (κ3) is 10.5. The number of carbonyl (C=O) groups is 5. The second kappa shape index (κ2) is 15.4. The van der Waals surface area contributed by atoms with E-state index in [0.717, 1.165) is 18.4 Å². The Morgan fingerprint density at radius 3 is 2.09 bits per heavy atom. The van der Waals surface area contributed by atoms with E-state index in [4.69, 9.17) is 10.5 Å². The number of benzene rings is 1. The van der Waals surface area contributed by atoms with Crippen molar-refractivity contribution in [3.63, 3.8) is 0 Å². The third-order valence-corrected chi connectivity index (χ3v) is 9.14. The number of Topliss-reactive ketones (excluding diaryl/α,β-unsaturated/α-hetero) is 1. The van der Waals surface area contributed by atoms with E-state index in [1.165, 1.54) is 4.90 Å². The van der Waals surface area contributed by atoms with Crippen LogP contribution in [0.4, 0.5) is 4.79 Å². The summed E-state index contributed by atoms with van der Waals surface area (Å²) < 4.78 is 5.96. The molecule has 2 aliphatic rings. The summed E-state index contributed by atoms with van der Waals surface area (Å²) in [5.74, 6) is -2.30. The molecular weight excluding hydrogens is 586 g/mol. The Hall–Kier alpha value is -3.47. The van der Waals surface area contributed by atoms with Crippen molar-refractivity contribution in [2.24, 2.45) is 34.3 Å². The van der Waals surface area contributed by atoms with Gasteiger partial charge in [0.05, 0.1) is 25.3 Å². The van der Waals surface area contributed by atoms with E-state index in [0.29, 0.717) is 26.0 Å². The number of primary amides is 1. The Morgan fingerprint density at radius 1 is 0.935 bits per heavy atom. The molecule has 46 heavy (non-hydrogen) atoms. The van der Waals surface area contributed by atoms with Gasteiger partial charge in [-0.1, -0.05) is 98.6 Å². The highest BCUT2D eigenvalue weighted by atomic mass is 16.5. The lowest BCUT2D eigenvalue weighted by molar-refractivity contribution is -0.143. The summed E-state index contributed by atoms with van der Waals surface area (Å²) in [5.41, 5.74) is 5.29. The predicted molar refractivity (Wildman–Crippen MR) is 176 cm³/mol. The van der Waals surface area contributed by atoms with E-state index in [-0.39, 0.29) is 41.7 Å². The summed E-state index contributed by atoms with van der Waals surface area (Å²) in [4.78, 5) is 67.3. The zero-order valence-electron chi connectivity index (χ0n) is 28.9. The quantitative estimate of drug-likeness (QED) is 0.227. The van der Waals surface area contributed by atoms with Crippen LogP contribution in [0.2, 0.25) is 0 Å². The van der Waals surface area contributed by atoms with E-state index in [9.17, 15) is 24.0 Å². The lowest BCUT2D eigenvalue weighted by Crippen LogP contribution is -2.61. The summed E-state index contributed by atoms with van der Waals surface area (Å²) in [5, 5.41) is 8.68. The van der Waals surface area contributed by atoms with Crippen LogP contribution in [0.5, 0.6) is 0 Å². The second-order valence-corrected chi connectivity index (χ2v) is 15.6. The van der Waals surface area contributed by atoms with Gasteiger partial charge in [-0.05, 0) is 47.0 Å². The molecule has 0 radical (unpaired) electrons. The van der Waals surface area contributed by atoms with Crippen LogP contribution in [0, 0.1) is 28.6 Å². The number of ketones is 1. The molecule has 1 saturated heterocycles. The SMILES string of the molecule is CC(C)C1C[C@@H](C(=O)NC(CC2CC2)C(=O)C(N)=O)N(C(=O)[C@@H](NC(=O)N[C@H](COCc2ccccc2)C(C)(C)C)C(C)(C)C)C1. The van der Waals surface area contributed by atoms with Crippen LogP contribution in [-0.4, -0.2) is 71.8 Å². The average Bonchev–Trinajstić information content (AvgIpc) is 3.66. The summed E-state index contributed by atoms with van der Waals surface area (Å²) in [6, 6.07) is 6.10. The fourth-order valence-corrected chi connectivity index (χ4v) is 5.72. The first-order chi connectivity index (χ1) is 21.4. The number of likely N-dealkylation sites (tertiary alicyclic amines) is 1. The lowest BCUT2D eigenvalue weighted by atomic mass is 9.85.